The lowest BCUT2D eigenvalue weighted by atomic mass is 9.96. The Balaban J connectivity index is 2.19. The van der Waals surface area contributed by atoms with E-state index in [9.17, 15) is 13.2 Å². The van der Waals surface area contributed by atoms with Gasteiger partial charge in [-0.3, -0.25) is 4.79 Å². The van der Waals surface area contributed by atoms with Crippen molar-refractivity contribution in [3.05, 3.63) is 53.4 Å². The summed E-state index contributed by atoms with van der Waals surface area (Å²) in [5, 5.41) is 1.66. The number of hydrogen-bond acceptors (Lipinski definition) is 4. The molecule has 1 atom stereocenters. The maximum absolute atomic E-state index is 12.2. The molecule has 0 aliphatic rings. The summed E-state index contributed by atoms with van der Waals surface area (Å²) in [5.41, 5.74) is 0.814. The van der Waals surface area contributed by atoms with Crippen LogP contribution in [0.25, 0.3) is 0 Å². The summed E-state index contributed by atoms with van der Waals surface area (Å²) < 4.78 is 26.4. The topological polar surface area (TPSA) is 63.2 Å². The fraction of sp³-hybridized carbons (Fsp3) is 0.214. The highest BCUT2D eigenvalue weighted by Crippen LogP contribution is 2.21. The molecule has 2 aromatic rings. The smallest absolute Gasteiger partial charge is 0.273 e. The van der Waals surface area contributed by atoms with Crippen molar-refractivity contribution < 1.29 is 13.2 Å². The van der Waals surface area contributed by atoms with Gasteiger partial charge in [-0.15, -0.1) is 11.3 Å². The Labute approximate surface area is 122 Å². The second kappa shape index (κ2) is 6.19. The van der Waals surface area contributed by atoms with E-state index < -0.39 is 21.8 Å². The second-order valence-corrected chi connectivity index (χ2v) is 7.13. The Hall–Kier alpha value is -1.66. The van der Waals surface area contributed by atoms with Gasteiger partial charge in [-0.1, -0.05) is 43.3 Å². The third-order valence-electron chi connectivity index (χ3n) is 2.92. The van der Waals surface area contributed by atoms with Gasteiger partial charge >= 0.3 is 0 Å². The molecular formula is C14H15NO3S2. The molecule has 0 saturated carbocycles. The number of carbonyl (C=O) groups is 1. The van der Waals surface area contributed by atoms with E-state index in [1.807, 2.05) is 37.3 Å². The fourth-order valence-electron chi connectivity index (χ4n) is 1.93. The Kier molecular flexibility index (Phi) is 4.57. The summed E-state index contributed by atoms with van der Waals surface area (Å²) in [4.78, 5) is 12.2. The Morgan fingerprint density at radius 2 is 1.90 bits per heavy atom. The average Bonchev–Trinajstić information content (AvgIpc) is 2.95. The van der Waals surface area contributed by atoms with Crippen LogP contribution in [0.4, 0.5) is 0 Å². The van der Waals surface area contributed by atoms with Gasteiger partial charge in [0.2, 0.25) is 5.91 Å². The first-order valence-corrected chi connectivity index (χ1v) is 8.56. The zero-order chi connectivity index (χ0) is 14.6. The maximum Gasteiger partial charge on any atom is 0.273 e. The molecule has 1 N–H and O–H groups in total. The molecule has 0 aliphatic heterocycles. The molecule has 0 radical (unpaired) electrons. The zero-order valence-electron chi connectivity index (χ0n) is 10.9. The van der Waals surface area contributed by atoms with E-state index >= 15 is 0 Å². The monoisotopic (exact) mass is 309 g/mol. The first-order valence-electron chi connectivity index (χ1n) is 6.19. The fourth-order valence-corrected chi connectivity index (χ4v) is 3.94. The minimum atomic E-state index is -3.76. The second-order valence-electron chi connectivity index (χ2n) is 4.27. The van der Waals surface area contributed by atoms with Crippen LogP contribution in [0.1, 0.15) is 24.8 Å². The van der Waals surface area contributed by atoms with Crippen molar-refractivity contribution in [3.8, 4) is 0 Å². The van der Waals surface area contributed by atoms with E-state index in [0.717, 1.165) is 16.9 Å². The van der Waals surface area contributed by atoms with Gasteiger partial charge in [-0.05, 0) is 23.4 Å². The van der Waals surface area contributed by atoms with Crippen LogP contribution in [0.5, 0.6) is 0 Å². The summed E-state index contributed by atoms with van der Waals surface area (Å²) in [7, 11) is -3.76. The van der Waals surface area contributed by atoms with Crippen LogP contribution in [0.15, 0.2) is 52.1 Å². The molecule has 0 spiro atoms. The van der Waals surface area contributed by atoms with E-state index in [0.29, 0.717) is 6.42 Å². The van der Waals surface area contributed by atoms with E-state index in [-0.39, 0.29) is 4.21 Å². The van der Waals surface area contributed by atoms with Crippen molar-refractivity contribution in [2.75, 3.05) is 0 Å². The van der Waals surface area contributed by atoms with Gasteiger partial charge in [0.05, 0.1) is 5.92 Å². The van der Waals surface area contributed by atoms with Gasteiger partial charge in [-0.25, -0.2) is 13.1 Å². The maximum atomic E-state index is 12.2. The van der Waals surface area contributed by atoms with Crippen molar-refractivity contribution >= 4 is 27.3 Å². The summed E-state index contributed by atoms with van der Waals surface area (Å²) in [6.45, 7) is 1.86. The van der Waals surface area contributed by atoms with Gasteiger partial charge < -0.3 is 0 Å². The van der Waals surface area contributed by atoms with Crippen LogP contribution < -0.4 is 4.72 Å². The predicted molar refractivity (Wildman–Crippen MR) is 79.1 cm³/mol. The lowest BCUT2D eigenvalue weighted by molar-refractivity contribution is -0.120. The van der Waals surface area contributed by atoms with Gasteiger partial charge in [0.1, 0.15) is 4.21 Å². The highest BCUT2D eigenvalue weighted by atomic mass is 32.2. The molecule has 106 valence electrons. The summed E-state index contributed by atoms with van der Waals surface area (Å²) >= 11 is 1.08. The predicted octanol–water partition coefficient (Wildman–Crippen LogP) is 2.75. The SMILES string of the molecule is CCC(C(=O)NS(=O)(=O)c1cccs1)c1ccccc1. The van der Waals surface area contributed by atoms with E-state index in [1.165, 1.54) is 6.07 Å². The molecule has 1 unspecified atom stereocenters. The molecule has 1 aromatic carbocycles. The molecule has 0 fully saturated rings. The molecule has 1 heterocycles. The average molecular weight is 309 g/mol. The van der Waals surface area contributed by atoms with E-state index in [4.69, 9.17) is 0 Å². The third kappa shape index (κ3) is 3.26. The number of hydrogen-bond donors (Lipinski definition) is 1. The van der Waals surface area contributed by atoms with Crippen molar-refractivity contribution in [2.24, 2.45) is 0 Å². The first-order chi connectivity index (χ1) is 9.54. The Morgan fingerprint density at radius 3 is 2.45 bits per heavy atom. The molecule has 2 rings (SSSR count). The number of benzene rings is 1. The number of sulfonamides is 1. The zero-order valence-corrected chi connectivity index (χ0v) is 12.6. The van der Waals surface area contributed by atoms with E-state index in [2.05, 4.69) is 4.72 Å². The quantitative estimate of drug-likeness (QED) is 0.923. The van der Waals surface area contributed by atoms with Crippen LogP contribution in [-0.2, 0) is 14.8 Å². The van der Waals surface area contributed by atoms with Crippen LogP contribution in [0, 0.1) is 0 Å². The Bertz CT molecular complexity index is 664. The number of carbonyl (C=O) groups excluding carboxylic acids is 1. The normalized spacial score (nSPS) is 12.8. The molecule has 1 aromatic heterocycles. The number of amides is 1. The minimum absolute atomic E-state index is 0.147. The van der Waals surface area contributed by atoms with Crippen molar-refractivity contribution in [1.82, 2.24) is 4.72 Å². The molecule has 0 bridgehead atoms. The lowest BCUT2D eigenvalue weighted by Crippen LogP contribution is -2.34. The van der Waals surface area contributed by atoms with Gasteiger partial charge in [0, 0.05) is 0 Å². The number of thiophene rings is 1. The van der Waals surface area contributed by atoms with Crippen LogP contribution in [-0.4, -0.2) is 14.3 Å². The van der Waals surface area contributed by atoms with Gasteiger partial charge in [0.25, 0.3) is 10.0 Å². The van der Waals surface area contributed by atoms with Crippen LogP contribution in [0.2, 0.25) is 0 Å². The molecule has 0 saturated heterocycles. The van der Waals surface area contributed by atoms with Gasteiger partial charge in [0.15, 0.2) is 0 Å². The van der Waals surface area contributed by atoms with Crippen molar-refractivity contribution in [2.45, 2.75) is 23.5 Å². The standard InChI is InChI=1S/C14H15NO3S2/c1-2-12(11-7-4-3-5-8-11)14(16)15-20(17,18)13-9-6-10-19-13/h3-10,12H,2H2,1H3,(H,15,16). The number of nitrogens with one attached hydrogen (secondary N) is 1. The van der Waals surface area contributed by atoms with E-state index in [1.54, 1.807) is 11.4 Å². The van der Waals surface area contributed by atoms with Crippen molar-refractivity contribution in [3.63, 3.8) is 0 Å². The highest BCUT2D eigenvalue weighted by Gasteiger charge is 2.25. The molecule has 6 heteroatoms. The largest absolute Gasteiger partial charge is 0.273 e. The molecule has 20 heavy (non-hydrogen) atoms. The third-order valence-corrected chi connectivity index (χ3v) is 5.67. The van der Waals surface area contributed by atoms with Gasteiger partial charge in [-0.2, -0.15) is 0 Å². The highest BCUT2D eigenvalue weighted by molar-refractivity contribution is 7.92. The lowest BCUT2D eigenvalue weighted by Gasteiger charge is -2.15. The summed E-state index contributed by atoms with van der Waals surface area (Å²) in [5.74, 6) is -0.960. The molecule has 4 nitrogen and oxygen atoms in total. The number of rotatable bonds is 5. The van der Waals surface area contributed by atoms with Crippen LogP contribution in [0.3, 0.4) is 0 Å². The minimum Gasteiger partial charge on any atom is -0.273 e. The summed E-state index contributed by atoms with van der Waals surface area (Å²) in [6.07, 6.45) is 0.538. The molecule has 0 aliphatic carbocycles. The first kappa shape index (κ1) is 14.7. The van der Waals surface area contributed by atoms with Crippen molar-refractivity contribution in [1.29, 1.82) is 0 Å². The Morgan fingerprint density at radius 1 is 1.20 bits per heavy atom. The van der Waals surface area contributed by atoms with Crippen LogP contribution >= 0.6 is 11.3 Å². The molecular weight excluding hydrogens is 294 g/mol. The molecule has 1 amide bonds. The summed E-state index contributed by atoms with van der Waals surface area (Å²) in [6, 6.07) is 12.3.